The van der Waals surface area contributed by atoms with E-state index in [9.17, 15) is 4.79 Å². The monoisotopic (exact) mass is 376 g/mol. The number of hydrogen-bond acceptors (Lipinski definition) is 7. The van der Waals surface area contributed by atoms with E-state index in [0.29, 0.717) is 39.6 Å². The number of carboxylic acid groups (broad SMARTS) is 1. The molecule has 8 nitrogen and oxygen atoms in total. The van der Waals surface area contributed by atoms with Crippen molar-refractivity contribution in [2.24, 2.45) is 0 Å². The molecule has 8 heteroatoms. The number of unbranched alkanes of at least 4 members (excludes halogenated alkanes) is 1. The van der Waals surface area contributed by atoms with Crippen LogP contribution in [0.5, 0.6) is 0 Å². The van der Waals surface area contributed by atoms with Crippen molar-refractivity contribution in [3.05, 3.63) is 12.4 Å². The molecule has 0 aromatic carbocycles. The van der Waals surface area contributed by atoms with Crippen LogP contribution in [0.25, 0.3) is 0 Å². The maximum Gasteiger partial charge on any atom is 0.305 e. The molecule has 0 aromatic heterocycles. The molecule has 0 saturated carbocycles. The Morgan fingerprint density at radius 1 is 1.00 bits per heavy atom. The van der Waals surface area contributed by atoms with Crippen molar-refractivity contribution in [3.63, 3.8) is 0 Å². The summed E-state index contributed by atoms with van der Waals surface area (Å²) in [7, 11) is 3.72. The van der Waals surface area contributed by atoms with Crippen LogP contribution in [0, 0.1) is 0 Å². The van der Waals surface area contributed by atoms with Gasteiger partial charge in [-0.3, -0.25) is 4.79 Å². The molecule has 0 fully saturated rings. The van der Waals surface area contributed by atoms with E-state index in [-0.39, 0.29) is 13.0 Å². The van der Waals surface area contributed by atoms with Crippen LogP contribution >= 0.6 is 0 Å². The summed E-state index contributed by atoms with van der Waals surface area (Å²) in [6, 6.07) is 0. The third-order valence-electron chi connectivity index (χ3n) is 3.37. The van der Waals surface area contributed by atoms with Crippen LogP contribution in [0.3, 0.4) is 0 Å². The first-order valence-electron chi connectivity index (χ1n) is 9.16. The number of carboxylic acids is 1. The average molecular weight is 376 g/mol. The summed E-state index contributed by atoms with van der Waals surface area (Å²) in [4.78, 5) is 14.6. The van der Waals surface area contributed by atoms with E-state index in [1.165, 1.54) is 19.4 Å². The Morgan fingerprint density at radius 2 is 1.58 bits per heavy atom. The second-order valence-electron chi connectivity index (χ2n) is 5.84. The van der Waals surface area contributed by atoms with E-state index in [1.54, 1.807) is 7.11 Å². The zero-order valence-electron chi connectivity index (χ0n) is 16.5. The number of hydrogen-bond donors (Lipinski definition) is 1. The summed E-state index contributed by atoms with van der Waals surface area (Å²) in [6.07, 6.45) is 6.90. The standard InChI is InChI=1S/C10H20O6.C8H16N2/c1-13-4-5-15-8-9-16-7-6-14-3-2-10(11)12;1-3-4-5-10-7-6-9(2)8-10/h2-9H2,1H3,(H,11,12);6-7H,3-5,8H2,1-2H3. The Balaban J connectivity index is 0.000000531. The third kappa shape index (κ3) is 17.5. The van der Waals surface area contributed by atoms with Crippen molar-refractivity contribution < 1.29 is 28.8 Å². The molecule has 0 radical (unpaired) electrons. The predicted molar refractivity (Wildman–Crippen MR) is 100.0 cm³/mol. The first-order valence-corrected chi connectivity index (χ1v) is 9.16. The van der Waals surface area contributed by atoms with Crippen LogP contribution in [0.4, 0.5) is 0 Å². The summed E-state index contributed by atoms with van der Waals surface area (Å²) >= 11 is 0. The Hall–Kier alpha value is -1.35. The van der Waals surface area contributed by atoms with Crippen molar-refractivity contribution in [2.45, 2.75) is 26.2 Å². The normalized spacial score (nSPS) is 13.0. The minimum Gasteiger partial charge on any atom is -0.481 e. The number of aliphatic carboxylic acids is 1. The highest BCUT2D eigenvalue weighted by atomic mass is 16.6. The smallest absolute Gasteiger partial charge is 0.305 e. The number of nitrogens with zero attached hydrogens (tertiary/aromatic N) is 2. The summed E-state index contributed by atoms with van der Waals surface area (Å²) in [6.45, 7) is 7.76. The molecular formula is C18H36N2O6. The topological polar surface area (TPSA) is 80.7 Å². The summed E-state index contributed by atoms with van der Waals surface area (Å²) < 4.78 is 20.2. The summed E-state index contributed by atoms with van der Waals surface area (Å²) in [5.74, 6) is -0.854. The lowest BCUT2D eigenvalue weighted by Gasteiger charge is -2.17. The van der Waals surface area contributed by atoms with Gasteiger partial charge in [0.05, 0.1) is 59.3 Å². The molecule has 0 bridgehead atoms. The first-order chi connectivity index (χ1) is 12.6. The largest absolute Gasteiger partial charge is 0.481 e. The minimum atomic E-state index is -0.854. The average Bonchev–Trinajstić information content (AvgIpc) is 3.03. The van der Waals surface area contributed by atoms with Gasteiger partial charge < -0.3 is 33.9 Å². The molecule has 1 aliphatic heterocycles. The molecule has 1 N–H and O–H groups in total. The minimum absolute atomic E-state index is 0.0279. The Labute approximate surface area is 157 Å². The molecular weight excluding hydrogens is 340 g/mol. The fraction of sp³-hybridized carbons (Fsp3) is 0.833. The van der Waals surface area contributed by atoms with Gasteiger partial charge in [-0.1, -0.05) is 13.3 Å². The van der Waals surface area contributed by atoms with Crippen molar-refractivity contribution in [3.8, 4) is 0 Å². The molecule has 0 atom stereocenters. The lowest BCUT2D eigenvalue weighted by atomic mass is 10.3. The second kappa shape index (κ2) is 18.4. The quantitative estimate of drug-likeness (QED) is 0.432. The van der Waals surface area contributed by atoms with Crippen LogP contribution in [0.2, 0.25) is 0 Å². The van der Waals surface area contributed by atoms with Gasteiger partial charge in [0, 0.05) is 33.1 Å². The molecule has 0 spiro atoms. The van der Waals surface area contributed by atoms with Crippen molar-refractivity contribution in [1.82, 2.24) is 9.80 Å². The molecule has 0 aliphatic carbocycles. The van der Waals surface area contributed by atoms with E-state index in [2.05, 4.69) is 36.2 Å². The molecule has 1 rings (SSSR count). The van der Waals surface area contributed by atoms with E-state index in [4.69, 9.17) is 24.1 Å². The fourth-order valence-corrected chi connectivity index (χ4v) is 1.94. The van der Waals surface area contributed by atoms with Gasteiger partial charge in [0.2, 0.25) is 0 Å². The molecule has 154 valence electrons. The van der Waals surface area contributed by atoms with Gasteiger partial charge in [0.25, 0.3) is 0 Å². The molecule has 0 unspecified atom stereocenters. The molecule has 1 aliphatic rings. The van der Waals surface area contributed by atoms with Gasteiger partial charge in [0.1, 0.15) is 0 Å². The zero-order valence-corrected chi connectivity index (χ0v) is 16.5. The molecule has 0 aromatic rings. The maximum absolute atomic E-state index is 10.1. The van der Waals surface area contributed by atoms with E-state index in [1.807, 2.05) is 0 Å². The summed E-state index contributed by atoms with van der Waals surface area (Å²) in [5.41, 5.74) is 0. The third-order valence-corrected chi connectivity index (χ3v) is 3.37. The number of methoxy groups -OCH3 is 1. The van der Waals surface area contributed by atoms with Gasteiger partial charge in [0.15, 0.2) is 0 Å². The highest BCUT2D eigenvalue weighted by Crippen LogP contribution is 2.04. The van der Waals surface area contributed by atoms with Gasteiger partial charge in [-0.15, -0.1) is 0 Å². The number of rotatable bonds is 15. The highest BCUT2D eigenvalue weighted by Gasteiger charge is 2.05. The van der Waals surface area contributed by atoms with Crippen molar-refractivity contribution in [2.75, 3.05) is 73.6 Å². The second-order valence-corrected chi connectivity index (χ2v) is 5.84. The molecule has 1 heterocycles. The van der Waals surface area contributed by atoms with Gasteiger partial charge in [-0.25, -0.2) is 0 Å². The Morgan fingerprint density at radius 3 is 2.04 bits per heavy atom. The summed E-state index contributed by atoms with van der Waals surface area (Å²) in [5, 5.41) is 8.32. The maximum atomic E-state index is 10.1. The lowest BCUT2D eigenvalue weighted by Crippen LogP contribution is -2.23. The Kier molecular flexibility index (Phi) is 17.5. The van der Waals surface area contributed by atoms with E-state index >= 15 is 0 Å². The molecule has 0 saturated heterocycles. The van der Waals surface area contributed by atoms with E-state index in [0.717, 1.165) is 6.67 Å². The molecule has 26 heavy (non-hydrogen) atoms. The van der Waals surface area contributed by atoms with Crippen LogP contribution in [-0.4, -0.2) is 94.5 Å². The van der Waals surface area contributed by atoms with Crippen LogP contribution < -0.4 is 0 Å². The Bertz CT molecular complexity index is 355. The first kappa shape index (κ1) is 24.7. The highest BCUT2D eigenvalue weighted by molar-refractivity contribution is 5.66. The van der Waals surface area contributed by atoms with Gasteiger partial charge in [-0.2, -0.15) is 0 Å². The molecule has 0 amide bonds. The van der Waals surface area contributed by atoms with Crippen LogP contribution in [0.15, 0.2) is 12.4 Å². The number of carbonyl (C=O) groups is 1. The lowest BCUT2D eigenvalue weighted by molar-refractivity contribution is -0.138. The van der Waals surface area contributed by atoms with Crippen molar-refractivity contribution in [1.29, 1.82) is 0 Å². The number of ether oxygens (including phenoxy) is 4. The van der Waals surface area contributed by atoms with E-state index < -0.39 is 5.97 Å². The fourth-order valence-electron chi connectivity index (χ4n) is 1.94. The predicted octanol–water partition coefficient (Wildman–Crippen LogP) is 1.62. The van der Waals surface area contributed by atoms with Crippen molar-refractivity contribution >= 4 is 5.97 Å². The zero-order chi connectivity index (χ0) is 19.5. The van der Waals surface area contributed by atoms with Crippen LogP contribution in [0.1, 0.15) is 26.2 Å². The van der Waals surface area contributed by atoms with Gasteiger partial charge in [-0.05, 0) is 6.42 Å². The van der Waals surface area contributed by atoms with Gasteiger partial charge >= 0.3 is 5.97 Å². The SMILES string of the molecule is CCCCN1C=CN(C)C1.COCCOCCOCCOCCC(=O)O. The van der Waals surface area contributed by atoms with Crippen LogP contribution in [-0.2, 0) is 23.7 Å².